The van der Waals surface area contributed by atoms with Gasteiger partial charge in [0, 0.05) is 51.1 Å². The third-order valence-corrected chi connectivity index (χ3v) is 6.43. The van der Waals surface area contributed by atoms with Gasteiger partial charge in [-0.25, -0.2) is 4.39 Å². The first-order valence-electron chi connectivity index (χ1n) is 9.19. The third-order valence-electron chi connectivity index (χ3n) is 5.21. The molecule has 9 heteroatoms. The fraction of sp³-hybridized carbons (Fsp3) is 0.526. The summed E-state index contributed by atoms with van der Waals surface area (Å²) < 4.78 is 18.5. The van der Waals surface area contributed by atoms with E-state index in [0.29, 0.717) is 25.2 Å². The highest BCUT2D eigenvalue weighted by atomic mass is 32.2. The number of hydrogen-bond acceptors (Lipinski definition) is 5. The molecule has 0 aliphatic carbocycles. The SMILES string of the molecule is COC1(CNC(=O)C(=O)N2CCN(C(=O)c3ccc(F)cc3)CC2)CCSC1. The Morgan fingerprint density at radius 3 is 2.36 bits per heavy atom. The van der Waals surface area contributed by atoms with Gasteiger partial charge in [-0.3, -0.25) is 14.4 Å². The summed E-state index contributed by atoms with van der Waals surface area (Å²) in [6.45, 7) is 1.53. The van der Waals surface area contributed by atoms with E-state index >= 15 is 0 Å². The second-order valence-electron chi connectivity index (χ2n) is 6.96. The summed E-state index contributed by atoms with van der Waals surface area (Å²) in [7, 11) is 1.62. The van der Waals surface area contributed by atoms with E-state index in [4.69, 9.17) is 4.74 Å². The smallest absolute Gasteiger partial charge is 0.312 e. The van der Waals surface area contributed by atoms with E-state index in [1.807, 2.05) is 0 Å². The number of halogens is 1. The number of ether oxygens (including phenoxy) is 1. The van der Waals surface area contributed by atoms with Crippen LogP contribution in [0.5, 0.6) is 0 Å². The number of benzene rings is 1. The Hall–Kier alpha value is -2.13. The van der Waals surface area contributed by atoms with Gasteiger partial charge in [0.25, 0.3) is 5.91 Å². The molecular formula is C19H24FN3O4S. The van der Waals surface area contributed by atoms with E-state index in [1.54, 1.807) is 23.8 Å². The lowest BCUT2D eigenvalue weighted by atomic mass is 10.0. The molecule has 28 heavy (non-hydrogen) atoms. The molecule has 0 aromatic heterocycles. The molecule has 0 bridgehead atoms. The van der Waals surface area contributed by atoms with Crippen LogP contribution in [-0.4, -0.2) is 84.5 Å². The number of hydrogen-bond donors (Lipinski definition) is 1. The zero-order valence-corrected chi connectivity index (χ0v) is 16.6. The molecule has 3 rings (SSSR count). The average molecular weight is 409 g/mol. The normalized spacial score (nSPS) is 22.2. The maximum Gasteiger partial charge on any atom is 0.312 e. The van der Waals surface area contributed by atoms with Crippen LogP contribution in [0.2, 0.25) is 0 Å². The first-order valence-corrected chi connectivity index (χ1v) is 10.3. The standard InChI is InChI=1S/C19H24FN3O4S/c1-27-19(6-11-28-13-19)12-21-16(24)18(26)23-9-7-22(8-10-23)17(25)14-2-4-15(20)5-3-14/h2-5H,6-13H2,1H3,(H,21,24). The lowest BCUT2D eigenvalue weighted by Crippen LogP contribution is -2.55. The number of nitrogens with zero attached hydrogens (tertiary/aromatic N) is 2. The highest BCUT2D eigenvalue weighted by Crippen LogP contribution is 2.30. The molecule has 152 valence electrons. The van der Waals surface area contributed by atoms with Crippen molar-refractivity contribution in [3.05, 3.63) is 35.6 Å². The summed E-state index contributed by atoms with van der Waals surface area (Å²) in [5.41, 5.74) is -0.000777. The first-order chi connectivity index (χ1) is 13.4. The van der Waals surface area contributed by atoms with Crippen molar-refractivity contribution in [3.8, 4) is 0 Å². The van der Waals surface area contributed by atoms with Gasteiger partial charge in [-0.05, 0) is 36.4 Å². The number of rotatable bonds is 4. The number of nitrogens with one attached hydrogen (secondary N) is 1. The Kier molecular flexibility index (Phi) is 6.56. The topological polar surface area (TPSA) is 79.0 Å². The minimum Gasteiger partial charge on any atom is -0.376 e. The van der Waals surface area contributed by atoms with Crippen molar-refractivity contribution in [2.24, 2.45) is 0 Å². The van der Waals surface area contributed by atoms with Crippen molar-refractivity contribution in [3.63, 3.8) is 0 Å². The van der Waals surface area contributed by atoms with Crippen LogP contribution in [0.3, 0.4) is 0 Å². The molecule has 2 saturated heterocycles. The summed E-state index contributed by atoms with van der Waals surface area (Å²) in [5.74, 6) is -0.0803. The van der Waals surface area contributed by atoms with Crippen molar-refractivity contribution in [1.29, 1.82) is 0 Å². The molecule has 1 atom stereocenters. The zero-order chi connectivity index (χ0) is 20.1. The van der Waals surface area contributed by atoms with Crippen LogP contribution in [-0.2, 0) is 14.3 Å². The predicted octanol–water partition coefficient (Wildman–Crippen LogP) is 0.748. The molecule has 1 N–H and O–H groups in total. The van der Waals surface area contributed by atoms with E-state index in [2.05, 4.69) is 5.32 Å². The first kappa shape index (κ1) is 20.6. The van der Waals surface area contributed by atoms with Crippen LogP contribution in [0, 0.1) is 5.82 Å². The Bertz CT molecular complexity index is 729. The Morgan fingerprint density at radius 1 is 1.14 bits per heavy atom. The molecule has 2 heterocycles. The van der Waals surface area contributed by atoms with Crippen molar-refractivity contribution < 1.29 is 23.5 Å². The minimum absolute atomic E-state index is 0.211. The number of methoxy groups -OCH3 is 1. The van der Waals surface area contributed by atoms with Crippen molar-refractivity contribution in [1.82, 2.24) is 15.1 Å². The molecular weight excluding hydrogens is 385 g/mol. The summed E-state index contributed by atoms with van der Waals surface area (Å²) in [6, 6.07) is 5.37. The van der Waals surface area contributed by atoms with Gasteiger partial charge in [0.1, 0.15) is 5.82 Å². The molecule has 1 aromatic rings. The van der Waals surface area contributed by atoms with Gasteiger partial charge in [-0.15, -0.1) is 0 Å². The molecule has 2 fully saturated rings. The summed E-state index contributed by atoms with van der Waals surface area (Å²) in [4.78, 5) is 40.1. The van der Waals surface area contributed by atoms with Gasteiger partial charge in [0.05, 0.1) is 5.60 Å². The molecule has 7 nitrogen and oxygen atoms in total. The average Bonchev–Trinajstić information content (AvgIpc) is 3.21. The van der Waals surface area contributed by atoms with E-state index in [0.717, 1.165) is 17.9 Å². The highest BCUT2D eigenvalue weighted by molar-refractivity contribution is 7.99. The Balaban J connectivity index is 1.48. The van der Waals surface area contributed by atoms with Gasteiger partial charge < -0.3 is 19.9 Å². The summed E-state index contributed by atoms with van der Waals surface area (Å²) >= 11 is 1.77. The fourth-order valence-corrected chi connectivity index (χ4v) is 4.71. The lowest BCUT2D eigenvalue weighted by Gasteiger charge is -2.34. The number of carbonyl (C=O) groups is 3. The summed E-state index contributed by atoms with van der Waals surface area (Å²) in [6.07, 6.45) is 0.840. The van der Waals surface area contributed by atoms with E-state index < -0.39 is 23.2 Å². The largest absolute Gasteiger partial charge is 0.376 e. The maximum absolute atomic E-state index is 13.0. The second-order valence-corrected chi connectivity index (χ2v) is 8.07. The van der Waals surface area contributed by atoms with Crippen LogP contribution < -0.4 is 5.32 Å². The van der Waals surface area contributed by atoms with Crippen LogP contribution in [0.25, 0.3) is 0 Å². The molecule has 0 radical (unpaired) electrons. The Morgan fingerprint density at radius 2 is 1.79 bits per heavy atom. The fourth-order valence-electron chi connectivity index (χ4n) is 3.31. The molecule has 2 aliphatic rings. The number of thioether (sulfide) groups is 1. The third kappa shape index (κ3) is 4.64. The molecule has 1 aromatic carbocycles. The van der Waals surface area contributed by atoms with Gasteiger partial charge in [-0.2, -0.15) is 11.8 Å². The van der Waals surface area contributed by atoms with Crippen LogP contribution in [0.1, 0.15) is 16.8 Å². The van der Waals surface area contributed by atoms with Gasteiger partial charge in [0.2, 0.25) is 0 Å². The van der Waals surface area contributed by atoms with Crippen molar-refractivity contribution >= 4 is 29.5 Å². The molecule has 3 amide bonds. The molecule has 0 spiro atoms. The van der Waals surface area contributed by atoms with E-state index in [-0.39, 0.29) is 19.0 Å². The van der Waals surface area contributed by atoms with Gasteiger partial charge in [0.15, 0.2) is 0 Å². The number of carbonyl (C=O) groups excluding carboxylic acids is 3. The quantitative estimate of drug-likeness (QED) is 0.743. The van der Waals surface area contributed by atoms with Crippen LogP contribution >= 0.6 is 11.8 Å². The maximum atomic E-state index is 13.0. The van der Waals surface area contributed by atoms with Crippen molar-refractivity contribution in [2.45, 2.75) is 12.0 Å². The minimum atomic E-state index is -0.647. The van der Waals surface area contributed by atoms with Crippen LogP contribution in [0.15, 0.2) is 24.3 Å². The molecule has 0 saturated carbocycles. The van der Waals surface area contributed by atoms with E-state index in [9.17, 15) is 18.8 Å². The Labute approximate surface area is 167 Å². The zero-order valence-electron chi connectivity index (χ0n) is 15.8. The van der Waals surface area contributed by atoms with Crippen molar-refractivity contribution in [2.75, 3.05) is 51.3 Å². The molecule has 2 aliphatic heterocycles. The number of piperazine rings is 1. The van der Waals surface area contributed by atoms with Crippen LogP contribution in [0.4, 0.5) is 4.39 Å². The predicted molar refractivity (Wildman–Crippen MR) is 104 cm³/mol. The molecule has 1 unspecified atom stereocenters. The second kappa shape index (κ2) is 8.91. The van der Waals surface area contributed by atoms with E-state index in [1.165, 1.54) is 29.2 Å². The number of amides is 3. The highest BCUT2D eigenvalue weighted by Gasteiger charge is 2.36. The van der Waals surface area contributed by atoms with Gasteiger partial charge >= 0.3 is 11.8 Å². The van der Waals surface area contributed by atoms with Gasteiger partial charge in [-0.1, -0.05) is 0 Å². The summed E-state index contributed by atoms with van der Waals surface area (Å²) in [5, 5.41) is 2.69. The lowest BCUT2D eigenvalue weighted by molar-refractivity contribution is -0.147. The monoisotopic (exact) mass is 409 g/mol.